The Balaban J connectivity index is 1.48. The summed E-state index contributed by atoms with van der Waals surface area (Å²) in [5.41, 5.74) is -1.66. The Morgan fingerprint density at radius 3 is 2.09 bits per heavy atom. The van der Waals surface area contributed by atoms with E-state index in [4.69, 9.17) is 14.2 Å². The third-order valence-corrected chi connectivity index (χ3v) is 5.93. The fourth-order valence-electron chi connectivity index (χ4n) is 4.50. The van der Waals surface area contributed by atoms with E-state index in [1.807, 2.05) is 4.90 Å². The van der Waals surface area contributed by atoms with E-state index in [0.29, 0.717) is 18.7 Å². The van der Waals surface area contributed by atoms with Gasteiger partial charge in [-0.2, -0.15) is 26.3 Å². The van der Waals surface area contributed by atoms with E-state index in [9.17, 15) is 26.3 Å². The molecule has 2 aliphatic rings. The van der Waals surface area contributed by atoms with E-state index in [1.165, 1.54) is 19.2 Å². The Kier molecular flexibility index (Phi) is 6.35. The van der Waals surface area contributed by atoms with E-state index < -0.39 is 23.5 Å². The molecule has 0 saturated carbocycles. The second-order valence-corrected chi connectivity index (χ2v) is 8.12. The first-order valence-electron chi connectivity index (χ1n) is 10.4. The summed E-state index contributed by atoms with van der Waals surface area (Å²) in [5, 5.41) is 0. The number of anilines is 1. The molecule has 1 aromatic heterocycles. The number of halogens is 6. The Morgan fingerprint density at radius 2 is 1.55 bits per heavy atom. The molecule has 5 nitrogen and oxygen atoms in total. The number of alkyl halides is 6. The third kappa shape index (κ3) is 5.13. The lowest BCUT2D eigenvalue weighted by Gasteiger charge is -2.39. The van der Waals surface area contributed by atoms with Crippen molar-refractivity contribution in [3.63, 3.8) is 0 Å². The van der Waals surface area contributed by atoms with Crippen molar-refractivity contribution in [2.45, 2.75) is 56.2 Å². The number of hydrogen-bond donors (Lipinski definition) is 0. The molecule has 0 spiro atoms. The number of hydrogen-bond acceptors (Lipinski definition) is 5. The second-order valence-electron chi connectivity index (χ2n) is 8.12. The molecule has 2 fully saturated rings. The first-order valence-corrected chi connectivity index (χ1v) is 10.4. The summed E-state index contributed by atoms with van der Waals surface area (Å²) in [7, 11) is 1.36. The van der Waals surface area contributed by atoms with Crippen LogP contribution in [0.1, 0.15) is 36.8 Å². The zero-order chi connectivity index (χ0) is 23.8. The molecule has 0 radical (unpaired) electrons. The number of methoxy groups -OCH3 is 1. The van der Waals surface area contributed by atoms with Crippen LogP contribution in [-0.2, 0) is 17.1 Å². The van der Waals surface area contributed by atoms with Crippen LogP contribution in [0, 0.1) is 0 Å². The Morgan fingerprint density at radius 1 is 0.909 bits per heavy atom. The lowest BCUT2D eigenvalue weighted by atomic mass is 9.99. The Bertz CT molecular complexity index is 950. The van der Waals surface area contributed by atoms with Crippen LogP contribution in [0.4, 0.5) is 32.2 Å². The minimum Gasteiger partial charge on any atom is -0.486 e. The van der Waals surface area contributed by atoms with E-state index in [0.717, 1.165) is 37.2 Å². The minimum atomic E-state index is -4.52. The van der Waals surface area contributed by atoms with E-state index in [2.05, 4.69) is 4.98 Å². The number of pyridine rings is 1. The van der Waals surface area contributed by atoms with Crippen LogP contribution < -0.4 is 14.4 Å². The predicted octanol–water partition coefficient (Wildman–Crippen LogP) is 5.68. The van der Waals surface area contributed by atoms with Gasteiger partial charge in [-0.25, -0.2) is 4.98 Å². The minimum absolute atomic E-state index is 0.00998. The Hall–Kier alpha value is -2.69. The summed E-state index contributed by atoms with van der Waals surface area (Å²) >= 11 is 0. The van der Waals surface area contributed by atoms with Crippen molar-refractivity contribution in [3.05, 3.63) is 47.7 Å². The van der Waals surface area contributed by atoms with Crippen molar-refractivity contribution >= 4 is 5.82 Å². The molecule has 2 saturated heterocycles. The molecule has 0 amide bonds. The SMILES string of the molecule is COCOc1cc(C(F)(F)F)ccc1OC1CC2CC[C@H](C1)N2c1ccc(C(F)(F)F)cn1. The van der Waals surface area contributed by atoms with Gasteiger partial charge < -0.3 is 19.1 Å². The van der Waals surface area contributed by atoms with Crippen molar-refractivity contribution in [2.75, 3.05) is 18.8 Å². The van der Waals surface area contributed by atoms with Crippen LogP contribution >= 0.6 is 0 Å². The molecule has 2 bridgehead atoms. The molecule has 4 rings (SSSR count). The molecule has 3 atom stereocenters. The quantitative estimate of drug-likeness (QED) is 0.397. The van der Waals surface area contributed by atoms with Crippen LogP contribution in [-0.4, -0.2) is 37.1 Å². The molecule has 2 aliphatic heterocycles. The van der Waals surface area contributed by atoms with Gasteiger partial charge in [0.05, 0.1) is 11.1 Å². The molecule has 180 valence electrons. The number of benzene rings is 1. The van der Waals surface area contributed by atoms with Gasteiger partial charge in [0.1, 0.15) is 11.9 Å². The van der Waals surface area contributed by atoms with Gasteiger partial charge in [-0.1, -0.05) is 0 Å². The van der Waals surface area contributed by atoms with Gasteiger partial charge >= 0.3 is 12.4 Å². The summed E-state index contributed by atoms with van der Waals surface area (Å²) in [6.45, 7) is -0.235. The average Bonchev–Trinajstić information content (AvgIpc) is 3.02. The molecule has 1 aromatic carbocycles. The van der Waals surface area contributed by atoms with Gasteiger partial charge in [0.15, 0.2) is 18.3 Å². The lowest BCUT2D eigenvalue weighted by Crippen LogP contribution is -2.46. The first kappa shape index (κ1) is 23.5. The molecular weight excluding hydrogens is 454 g/mol. The molecular formula is C22H22F6N2O3. The number of ether oxygens (including phenoxy) is 3. The summed E-state index contributed by atoms with van der Waals surface area (Å²) in [6.07, 6.45) is -5.65. The zero-order valence-electron chi connectivity index (χ0n) is 17.6. The molecule has 3 heterocycles. The highest BCUT2D eigenvalue weighted by molar-refractivity contribution is 5.46. The highest BCUT2D eigenvalue weighted by Crippen LogP contribution is 2.42. The average molecular weight is 476 g/mol. The monoisotopic (exact) mass is 476 g/mol. The highest BCUT2D eigenvalue weighted by atomic mass is 19.4. The molecule has 33 heavy (non-hydrogen) atoms. The predicted molar refractivity (Wildman–Crippen MR) is 106 cm³/mol. The van der Waals surface area contributed by atoms with Gasteiger partial charge in [-0.3, -0.25) is 0 Å². The van der Waals surface area contributed by atoms with Crippen LogP contribution in [0.15, 0.2) is 36.5 Å². The highest BCUT2D eigenvalue weighted by Gasteiger charge is 2.43. The second kappa shape index (κ2) is 8.92. The van der Waals surface area contributed by atoms with Crippen LogP contribution in [0.2, 0.25) is 0 Å². The fourth-order valence-corrected chi connectivity index (χ4v) is 4.50. The largest absolute Gasteiger partial charge is 0.486 e. The standard InChI is InChI=1S/C22H22F6N2O3/c1-31-12-32-19-8-13(21(23,24)25)2-6-18(19)33-17-9-15-4-5-16(10-17)30(15)20-7-3-14(11-29-20)22(26,27)28/h2-3,6-8,11,15-17H,4-5,9-10,12H2,1H3/t15-,16?,17?/m1/s1. The fraction of sp³-hybridized carbons (Fsp3) is 0.500. The van der Waals surface area contributed by atoms with Crippen molar-refractivity contribution in [3.8, 4) is 11.5 Å². The smallest absolute Gasteiger partial charge is 0.417 e. The van der Waals surface area contributed by atoms with Gasteiger partial charge in [0.2, 0.25) is 0 Å². The molecule has 0 aliphatic carbocycles. The number of nitrogens with zero attached hydrogens (tertiary/aromatic N) is 2. The van der Waals surface area contributed by atoms with Crippen LogP contribution in [0.5, 0.6) is 11.5 Å². The van der Waals surface area contributed by atoms with Gasteiger partial charge in [0.25, 0.3) is 0 Å². The third-order valence-electron chi connectivity index (χ3n) is 5.93. The molecule has 11 heteroatoms. The van der Waals surface area contributed by atoms with Crippen molar-refractivity contribution in [1.82, 2.24) is 4.98 Å². The number of fused-ring (bicyclic) bond motifs is 2. The molecule has 0 N–H and O–H groups in total. The van der Waals surface area contributed by atoms with E-state index >= 15 is 0 Å². The molecule has 2 aromatic rings. The normalized spacial score (nSPS) is 23.0. The van der Waals surface area contributed by atoms with Crippen LogP contribution in [0.3, 0.4) is 0 Å². The van der Waals surface area contributed by atoms with Crippen molar-refractivity contribution in [2.24, 2.45) is 0 Å². The molecule has 2 unspecified atom stereocenters. The zero-order valence-corrected chi connectivity index (χ0v) is 17.6. The summed E-state index contributed by atoms with van der Waals surface area (Å²) in [6, 6.07) is 5.47. The maximum Gasteiger partial charge on any atom is 0.417 e. The van der Waals surface area contributed by atoms with Gasteiger partial charge in [-0.05, 0) is 43.2 Å². The maximum absolute atomic E-state index is 13.1. The van der Waals surface area contributed by atoms with Gasteiger partial charge in [0, 0.05) is 38.2 Å². The maximum atomic E-state index is 13.1. The van der Waals surface area contributed by atoms with Gasteiger partial charge in [-0.15, -0.1) is 0 Å². The topological polar surface area (TPSA) is 43.8 Å². The van der Waals surface area contributed by atoms with E-state index in [-0.39, 0.29) is 36.5 Å². The van der Waals surface area contributed by atoms with Crippen molar-refractivity contribution in [1.29, 1.82) is 0 Å². The summed E-state index contributed by atoms with van der Waals surface area (Å²) in [5.74, 6) is 0.601. The number of piperidine rings is 1. The Labute approximate surface area is 186 Å². The number of aromatic nitrogens is 1. The summed E-state index contributed by atoms with van der Waals surface area (Å²) < 4.78 is 93.9. The van der Waals surface area contributed by atoms with Crippen LogP contribution in [0.25, 0.3) is 0 Å². The lowest BCUT2D eigenvalue weighted by molar-refractivity contribution is -0.138. The first-order chi connectivity index (χ1) is 15.6. The summed E-state index contributed by atoms with van der Waals surface area (Å²) in [4.78, 5) is 6.05. The number of rotatable bonds is 6. The van der Waals surface area contributed by atoms with E-state index in [1.54, 1.807) is 0 Å². The van der Waals surface area contributed by atoms with Crippen molar-refractivity contribution < 1.29 is 40.6 Å².